The largest absolute Gasteiger partial charge is 0.497 e. The molecule has 0 saturated heterocycles. The van der Waals surface area contributed by atoms with Crippen LogP contribution < -0.4 is 9.54 Å². The Bertz CT molecular complexity index is 1500. The average molecular weight is 498 g/mol. The molecule has 0 unspecified atom stereocenters. The molecule has 0 bridgehead atoms. The minimum Gasteiger partial charge on any atom is -0.497 e. The number of benzene rings is 2. The van der Waals surface area contributed by atoms with E-state index >= 15 is 0 Å². The summed E-state index contributed by atoms with van der Waals surface area (Å²) in [5.41, 5.74) is 1.20. The number of methoxy groups -OCH3 is 1. The van der Waals surface area contributed by atoms with Crippen molar-refractivity contribution in [2.24, 2.45) is 4.99 Å². The summed E-state index contributed by atoms with van der Waals surface area (Å²) in [7, 11) is -0.678. The quantitative estimate of drug-likeness (QED) is 0.342. The van der Waals surface area contributed by atoms with E-state index in [9.17, 15) is 13.2 Å². The number of furan rings is 1. The van der Waals surface area contributed by atoms with Crippen molar-refractivity contribution in [2.45, 2.75) is 18.0 Å². The van der Waals surface area contributed by atoms with Gasteiger partial charge in [0.2, 0.25) is 10.0 Å². The molecule has 0 N–H and O–H groups in total. The molecule has 0 aliphatic carbocycles. The molecule has 34 heavy (non-hydrogen) atoms. The highest BCUT2D eigenvalue weighted by molar-refractivity contribution is 7.89. The molecule has 0 saturated carbocycles. The normalized spacial score (nSPS) is 12.4. The molecule has 0 aliphatic rings. The van der Waals surface area contributed by atoms with Crippen molar-refractivity contribution in [1.29, 1.82) is 0 Å². The molecular weight excluding hydrogens is 474 g/mol. The van der Waals surface area contributed by atoms with E-state index < -0.39 is 15.9 Å². The van der Waals surface area contributed by atoms with E-state index in [1.807, 2.05) is 22.8 Å². The van der Waals surface area contributed by atoms with Crippen LogP contribution in [0.3, 0.4) is 0 Å². The number of amides is 1. The van der Waals surface area contributed by atoms with Crippen molar-refractivity contribution in [1.82, 2.24) is 8.87 Å². The number of hydrogen-bond donors (Lipinski definition) is 0. The number of sulfonamides is 1. The molecule has 176 valence electrons. The van der Waals surface area contributed by atoms with Gasteiger partial charge in [-0.2, -0.15) is 9.30 Å². The minimum atomic E-state index is -3.75. The molecule has 4 rings (SSSR count). The lowest BCUT2D eigenvalue weighted by molar-refractivity contribution is 0.0997. The Labute approximate surface area is 201 Å². The molecule has 4 aromatic rings. The van der Waals surface area contributed by atoms with Crippen LogP contribution in [0, 0.1) is 0 Å². The van der Waals surface area contributed by atoms with Gasteiger partial charge in [0.25, 0.3) is 5.91 Å². The number of hydrogen-bond acceptors (Lipinski definition) is 6. The van der Waals surface area contributed by atoms with Gasteiger partial charge >= 0.3 is 0 Å². The Hall–Kier alpha value is -3.47. The molecule has 2 heterocycles. The predicted octanol–water partition coefficient (Wildman–Crippen LogP) is 4.05. The molecule has 1 amide bonds. The second-order valence-corrected chi connectivity index (χ2v) is 10.5. The fraction of sp³-hybridized carbons (Fsp3) is 0.167. The van der Waals surface area contributed by atoms with Crippen LogP contribution in [0.4, 0.5) is 0 Å². The number of carbonyl (C=O) groups excluding carboxylic acids is 1. The standard InChI is InChI=1S/C24H23N3O5S2/c1-4-13-27-21-12-9-18(31-3)15-22(21)33-24(27)25-23(28)17-7-10-20(11-8-17)34(29,30)26(2)16-19-6-5-14-32-19/h4-12,14-15H,1,13,16H2,2-3H3. The first-order valence-corrected chi connectivity index (χ1v) is 12.6. The van der Waals surface area contributed by atoms with Gasteiger partial charge in [-0.15, -0.1) is 6.58 Å². The topological polar surface area (TPSA) is 94.1 Å². The highest BCUT2D eigenvalue weighted by Crippen LogP contribution is 2.23. The van der Waals surface area contributed by atoms with Gasteiger partial charge in [-0.1, -0.05) is 17.4 Å². The third-order valence-electron chi connectivity index (χ3n) is 5.17. The smallest absolute Gasteiger partial charge is 0.279 e. The Morgan fingerprint density at radius 2 is 2.00 bits per heavy atom. The van der Waals surface area contributed by atoms with E-state index in [0.29, 0.717) is 22.9 Å². The summed E-state index contributed by atoms with van der Waals surface area (Å²) in [6.45, 7) is 4.38. The fourth-order valence-electron chi connectivity index (χ4n) is 3.38. The van der Waals surface area contributed by atoms with E-state index in [2.05, 4.69) is 11.6 Å². The van der Waals surface area contributed by atoms with E-state index in [4.69, 9.17) is 9.15 Å². The number of nitrogens with zero attached hydrogens (tertiary/aromatic N) is 3. The van der Waals surface area contributed by atoms with Crippen LogP contribution in [0.5, 0.6) is 5.75 Å². The predicted molar refractivity (Wildman–Crippen MR) is 130 cm³/mol. The zero-order valence-corrected chi connectivity index (χ0v) is 20.3. The second kappa shape index (κ2) is 9.80. The lowest BCUT2D eigenvalue weighted by Crippen LogP contribution is -2.26. The van der Waals surface area contributed by atoms with Gasteiger partial charge < -0.3 is 13.7 Å². The average Bonchev–Trinajstić information content (AvgIpc) is 3.46. The van der Waals surface area contributed by atoms with E-state index in [-0.39, 0.29) is 17.0 Å². The number of thiazole rings is 1. The first-order chi connectivity index (χ1) is 16.3. The third-order valence-corrected chi connectivity index (χ3v) is 8.03. The lowest BCUT2D eigenvalue weighted by Gasteiger charge is -2.16. The highest BCUT2D eigenvalue weighted by atomic mass is 32.2. The first-order valence-electron chi connectivity index (χ1n) is 10.3. The van der Waals surface area contributed by atoms with Crippen LogP contribution in [0.15, 0.2) is 87.8 Å². The van der Waals surface area contributed by atoms with Crippen molar-refractivity contribution < 1.29 is 22.4 Å². The van der Waals surface area contributed by atoms with Crippen LogP contribution in [0.25, 0.3) is 10.2 Å². The van der Waals surface area contributed by atoms with Crippen molar-refractivity contribution >= 4 is 37.5 Å². The third kappa shape index (κ3) is 4.74. The van der Waals surface area contributed by atoms with Crippen molar-refractivity contribution in [2.75, 3.05) is 14.2 Å². The van der Waals surface area contributed by atoms with Gasteiger partial charge in [-0.25, -0.2) is 8.42 Å². The van der Waals surface area contributed by atoms with Crippen LogP contribution in [-0.2, 0) is 23.1 Å². The highest BCUT2D eigenvalue weighted by Gasteiger charge is 2.22. The second-order valence-electron chi connectivity index (χ2n) is 7.40. The maximum Gasteiger partial charge on any atom is 0.279 e. The molecule has 0 aliphatic heterocycles. The molecule has 0 radical (unpaired) electrons. The lowest BCUT2D eigenvalue weighted by atomic mass is 10.2. The number of rotatable bonds is 8. The maximum absolute atomic E-state index is 12.9. The summed E-state index contributed by atoms with van der Waals surface area (Å²) >= 11 is 1.37. The number of fused-ring (bicyclic) bond motifs is 1. The Morgan fingerprint density at radius 1 is 1.24 bits per heavy atom. The Morgan fingerprint density at radius 3 is 2.65 bits per heavy atom. The summed E-state index contributed by atoms with van der Waals surface area (Å²) in [4.78, 5) is 17.8. The SMILES string of the molecule is C=CCn1c(=NC(=O)c2ccc(S(=O)(=O)N(C)Cc3ccco3)cc2)sc2cc(OC)ccc21. The summed E-state index contributed by atoms with van der Waals surface area (Å²) < 4.78 is 40.2. The van der Waals surface area contributed by atoms with Gasteiger partial charge in [0.15, 0.2) is 4.80 Å². The molecule has 2 aromatic carbocycles. The number of carbonyl (C=O) groups is 1. The van der Waals surface area contributed by atoms with Gasteiger partial charge in [-0.05, 0) is 54.6 Å². The summed E-state index contributed by atoms with van der Waals surface area (Å²) in [5, 5.41) is 0. The summed E-state index contributed by atoms with van der Waals surface area (Å²) in [5.74, 6) is 0.779. The van der Waals surface area contributed by atoms with E-state index in [0.717, 1.165) is 10.2 Å². The van der Waals surface area contributed by atoms with Crippen molar-refractivity contribution in [3.8, 4) is 5.75 Å². The van der Waals surface area contributed by atoms with Crippen LogP contribution >= 0.6 is 11.3 Å². The zero-order chi connectivity index (χ0) is 24.3. The van der Waals surface area contributed by atoms with Crippen molar-refractivity contribution in [3.63, 3.8) is 0 Å². The first kappa shape index (κ1) is 23.7. The molecule has 0 spiro atoms. The summed E-state index contributed by atoms with van der Waals surface area (Å²) in [6, 6.07) is 14.8. The Kier molecular flexibility index (Phi) is 6.82. The minimum absolute atomic E-state index is 0.0776. The Balaban J connectivity index is 1.62. The van der Waals surface area contributed by atoms with Gasteiger partial charge in [0.1, 0.15) is 11.5 Å². The van der Waals surface area contributed by atoms with E-state index in [1.165, 1.54) is 53.2 Å². The molecule has 0 fully saturated rings. The molecule has 10 heteroatoms. The number of aromatic nitrogens is 1. The van der Waals surface area contributed by atoms with Gasteiger partial charge in [0, 0.05) is 19.2 Å². The van der Waals surface area contributed by atoms with Gasteiger partial charge in [-0.3, -0.25) is 4.79 Å². The molecule has 0 atom stereocenters. The summed E-state index contributed by atoms with van der Waals surface area (Å²) in [6.07, 6.45) is 3.23. The van der Waals surface area contributed by atoms with Crippen molar-refractivity contribution in [3.05, 3.63) is 89.6 Å². The van der Waals surface area contributed by atoms with Crippen LogP contribution in [0.1, 0.15) is 16.1 Å². The monoisotopic (exact) mass is 497 g/mol. The van der Waals surface area contributed by atoms with Gasteiger partial charge in [0.05, 0.1) is 35.0 Å². The zero-order valence-electron chi connectivity index (χ0n) is 18.7. The molecule has 2 aromatic heterocycles. The number of ether oxygens (including phenoxy) is 1. The maximum atomic E-state index is 12.9. The fourth-order valence-corrected chi connectivity index (χ4v) is 5.58. The number of allylic oxidation sites excluding steroid dienone is 1. The molecule has 8 nitrogen and oxygen atoms in total. The van der Waals surface area contributed by atoms with Crippen LogP contribution in [0.2, 0.25) is 0 Å². The van der Waals surface area contributed by atoms with E-state index in [1.54, 1.807) is 25.3 Å². The van der Waals surface area contributed by atoms with Crippen LogP contribution in [-0.4, -0.2) is 37.4 Å². The molecular formula is C24H23N3O5S2.